The normalized spacial score (nSPS) is 22.6. The minimum absolute atomic E-state index is 0.0340. The molecular weight excluding hydrogens is 558 g/mol. The van der Waals surface area contributed by atoms with Crippen LogP contribution in [0.4, 0.5) is 0 Å². The van der Waals surface area contributed by atoms with Gasteiger partial charge in [0.15, 0.2) is 11.5 Å². The number of esters is 2. The average molecular weight is 600 g/mol. The Morgan fingerprint density at radius 1 is 0.881 bits per heavy atom. The number of aliphatic hydroxyl groups is 1. The lowest BCUT2D eigenvalue weighted by atomic mass is 9.97. The van der Waals surface area contributed by atoms with Gasteiger partial charge in [-0.1, -0.05) is 42.6 Å². The van der Waals surface area contributed by atoms with E-state index in [-0.39, 0.29) is 18.2 Å². The minimum atomic E-state index is -1.24. The van der Waals surface area contributed by atoms with Gasteiger partial charge in [0.25, 0.3) is 0 Å². The summed E-state index contributed by atoms with van der Waals surface area (Å²) < 4.78 is 23.9. The first-order valence-corrected chi connectivity index (χ1v) is 15.8. The molecule has 0 bridgehead atoms. The fourth-order valence-corrected chi connectivity index (χ4v) is 6.21. The van der Waals surface area contributed by atoms with Gasteiger partial charge in [-0.3, -0.25) is 0 Å². The van der Waals surface area contributed by atoms with Gasteiger partial charge in [0.05, 0.1) is 6.10 Å². The number of hydrogen-bond acceptors (Lipinski definition) is 8. The number of hydrogen-bond donors (Lipinski definition) is 2. The van der Waals surface area contributed by atoms with Gasteiger partial charge in [0, 0.05) is 17.6 Å². The maximum absolute atomic E-state index is 13.4. The van der Waals surface area contributed by atoms with Crippen LogP contribution >= 0.6 is 11.6 Å². The van der Waals surface area contributed by atoms with Crippen molar-refractivity contribution >= 4 is 23.5 Å². The molecule has 0 aromatic heterocycles. The third kappa shape index (κ3) is 8.17. The number of carbonyl (C=O) groups excluding carboxylic acids is 2. The van der Waals surface area contributed by atoms with E-state index in [0.717, 1.165) is 75.3 Å². The minimum Gasteiger partial charge on any atom is -0.470 e. The highest BCUT2D eigenvalue weighted by molar-refractivity contribution is 6.30. The maximum atomic E-state index is 13.4. The van der Waals surface area contributed by atoms with Crippen LogP contribution in [0.25, 0.3) is 0 Å². The molecule has 9 heteroatoms. The van der Waals surface area contributed by atoms with Gasteiger partial charge in [-0.05, 0) is 100 Å². The van der Waals surface area contributed by atoms with E-state index >= 15 is 0 Å². The van der Waals surface area contributed by atoms with Gasteiger partial charge in [0.2, 0.25) is 12.2 Å². The third-order valence-corrected chi connectivity index (χ3v) is 8.60. The van der Waals surface area contributed by atoms with Crippen molar-refractivity contribution in [2.75, 3.05) is 6.54 Å². The molecule has 2 aliphatic carbocycles. The van der Waals surface area contributed by atoms with Crippen LogP contribution in [0, 0.1) is 0 Å². The van der Waals surface area contributed by atoms with Gasteiger partial charge in [0.1, 0.15) is 12.2 Å². The summed E-state index contributed by atoms with van der Waals surface area (Å²) in [5.41, 5.74) is 1.71. The molecule has 4 unspecified atom stereocenters. The first-order chi connectivity index (χ1) is 20.4. The molecule has 2 aromatic carbocycles. The Morgan fingerprint density at radius 3 is 2.07 bits per heavy atom. The molecule has 2 fully saturated rings. The molecule has 0 spiro atoms. The topological polar surface area (TPSA) is 103 Å². The number of nitrogens with one attached hydrogen (secondary N) is 1. The van der Waals surface area contributed by atoms with E-state index in [9.17, 15) is 14.7 Å². The molecule has 0 amide bonds. The fourth-order valence-electron chi connectivity index (χ4n) is 6.01. The zero-order chi connectivity index (χ0) is 29.5. The van der Waals surface area contributed by atoms with Crippen molar-refractivity contribution in [1.82, 2.24) is 5.32 Å². The summed E-state index contributed by atoms with van der Waals surface area (Å²) in [6.07, 6.45) is 6.75. The quantitative estimate of drug-likeness (QED) is 0.328. The first kappa shape index (κ1) is 30.6. The number of benzene rings is 2. The van der Waals surface area contributed by atoms with Crippen LogP contribution in [0.3, 0.4) is 0 Å². The molecule has 3 aliphatic rings. The van der Waals surface area contributed by atoms with Gasteiger partial charge in [-0.2, -0.15) is 0 Å². The van der Waals surface area contributed by atoms with Crippen LogP contribution < -0.4 is 14.8 Å². The van der Waals surface area contributed by atoms with Crippen LogP contribution in [-0.2, 0) is 25.5 Å². The predicted molar refractivity (Wildman–Crippen MR) is 159 cm³/mol. The molecule has 42 heavy (non-hydrogen) atoms. The molecule has 4 atom stereocenters. The van der Waals surface area contributed by atoms with Gasteiger partial charge in [-0.15, -0.1) is 0 Å². The zero-order valence-electron chi connectivity index (χ0n) is 24.3. The van der Waals surface area contributed by atoms with E-state index in [1.54, 1.807) is 18.2 Å². The van der Waals surface area contributed by atoms with Crippen molar-refractivity contribution in [2.24, 2.45) is 0 Å². The molecule has 8 nitrogen and oxygen atoms in total. The van der Waals surface area contributed by atoms with Crippen molar-refractivity contribution in [3.63, 3.8) is 0 Å². The second-order valence-electron chi connectivity index (χ2n) is 11.8. The molecule has 2 saturated carbocycles. The molecule has 0 saturated heterocycles. The Morgan fingerprint density at radius 2 is 1.48 bits per heavy atom. The van der Waals surface area contributed by atoms with Crippen molar-refractivity contribution in [3.8, 4) is 11.5 Å². The Kier molecular flexibility index (Phi) is 10.6. The predicted octanol–water partition coefficient (Wildman–Crippen LogP) is 5.85. The molecule has 2 N–H and O–H groups in total. The smallest absolute Gasteiger partial charge is 0.352 e. The summed E-state index contributed by atoms with van der Waals surface area (Å²) in [5.74, 6) is -0.388. The summed E-state index contributed by atoms with van der Waals surface area (Å²) in [6, 6.07) is 12.7. The highest BCUT2D eigenvalue weighted by atomic mass is 35.5. The van der Waals surface area contributed by atoms with Crippen molar-refractivity contribution in [1.29, 1.82) is 0 Å². The van der Waals surface area contributed by atoms with Gasteiger partial charge in [-0.25, -0.2) is 9.59 Å². The summed E-state index contributed by atoms with van der Waals surface area (Å²) >= 11 is 6.06. The lowest BCUT2D eigenvalue weighted by molar-refractivity contribution is -0.179. The second-order valence-corrected chi connectivity index (χ2v) is 12.3. The highest BCUT2D eigenvalue weighted by Gasteiger charge is 2.45. The fraction of sp³-hybridized carbons (Fsp3) is 0.576. The second kappa shape index (κ2) is 14.6. The summed E-state index contributed by atoms with van der Waals surface area (Å²) in [6.45, 7) is 2.40. The van der Waals surface area contributed by atoms with Crippen molar-refractivity contribution in [2.45, 2.75) is 114 Å². The van der Waals surface area contributed by atoms with E-state index in [0.29, 0.717) is 29.5 Å². The van der Waals surface area contributed by atoms with Crippen molar-refractivity contribution < 1.29 is 33.6 Å². The van der Waals surface area contributed by atoms with Gasteiger partial charge < -0.3 is 29.4 Å². The van der Waals surface area contributed by atoms with Crippen LogP contribution in [-0.4, -0.2) is 54.0 Å². The number of aliphatic hydroxyl groups excluding tert-OH is 1. The first-order valence-electron chi connectivity index (χ1n) is 15.4. The molecule has 0 radical (unpaired) electrons. The molecule has 1 heterocycles. The number of rotatable bonds is 10. The SMILES string of the molecule is CC(Cc1ccc2c(c1)OC(C(=O)OC1CCCCC1)C(C(=O)OC1CCCCC1)O2)NCC(O)c1cccc(Cl)c1. The van der Waals surface area contributed by atoms with E-state index in [1.165, 1.54) is 0 Å². The van der Waals surface area contributed by atoms with Crippen LogP contribution in [0.2, 0.25) is 5.02 Å². The van der Waals surface area contributed by atoms with E-state index < -0.39 is 30.3 Å². The Bertz CT molecular complexity index is 1210. The Balaban J connectivity index is 1.24. The van der Waals surface area contributed by atoms with E-state index in [4.69, 9.17) is 30.5 Å². The lowest BCUT2D eigenvalue weighted by Crippen LogP contribution is -2.52. The van der Waals surface area contributed by atoms with E-state index in [1.807, 2.05) is 31.2 Å². The van der Waals surface area contributed by atoms with E-state index in [2.05, 4.69) is 5.32 Å². The standard InChI is InChI=1S/C33H42ClNO7/c1-21(35-20-27(36)23-9-8-10-24(34)19-23)17-22-15-16-28-29(18-22)42-31(33(38)40-26-13-6-3-7-14-26)30(41-28)32(37)39-25-11-4-2-5-12-25/h8-10,15-16,18-19,21,25-27,30-31,35-36H,2-7,11-14,17,20H2,1H3. The molecular formula is C33H42ClNO7. The zero-order valence-corrected chi connectivity index (χ0v) is 25.0. The Hall–Kier alpha value is -2.81. The molecule has 1 aliphatic heterocycles. The highest BCUT2D eigenvalue weighted by Crippen LogP contribution is 2.37. The number of ether oxygens (including phenoxy) is 4. The third-order valence-electron chi connectivity index (χ3n) is 8.36. The maximum Gasteiger partial charge on any atom is 0.352 e. The number of carbonyl (C=O) groups is 2. The monoisotopic (exact) mass is 599 g/mol. The largest absolute Gasteiger partial charge is 0.470 e. The van der Waals surface area contributed by atoms with Crippen LogP contribution in [0.15, 0.2) is 42.5 Å². The van der Waals surface area contributed by atoms with Gasteiger partial charge >= 0.3 is 11.9 Å². The number of fused-ring (bicyclic) bond motifs is 1. The average Bonchev–Trinajstić information content (AvgIpc) is 3.00. The molecule has 5 rings (SSSR count). The van der Waals surface area contributed by atoms with Crippen LogP contribution in [0.5, 0.6) is 11.5 Å². The summed E-state index contributed by atoms with van der Waals surface area (Å²) in [5, 5.41) is 14.5. The van der Waals surface area contributed by atoms with Crippen molar-refractivity contribution in [3.05, 3.63) is 58.6 Å². The summed E-state index contributed by atoms with van der Waals surface area (Å²) in [7, 11) is 0. The molecule has 2 aromatic rings. The molecule has 228 valence electrons. The summed E-state index contributed by atoms with van der Waals surface area (Å²) in [4.78, 5) is 26.6. The number of halogens is 1. The lowest BCUT2D eigenvalue weighted by Gasteiger charge is -2.34. The Labute approximate surface area is 253 Å². The van der Waals surface area contributed by atoms with Crippen LogP contribution in [0.1, 0.15) is 88.4 Å².